The van der Waals surface area contributed by atoms with Crippen LogP contribution in [0.2, 0.25) is 0 Å². The first-order valence-electron chi connectivity index (χ1n) is 14.0. The molecule has 0 saturated carbocycles. The molecule has 1 saturated heterocycles. The molecular formula is C33H36F4O3. The summed E-state index contributed by atoms with van der Waals surface area (Å²) in [5, 5.41) is 0. The highest BCUT2D eigenvalue weighted by Crippen LogP contribution is 2.34. The lowest BCUT2D eigenvalue weighted by atomic mass is 9.94. The van der Waals surface area contributed by atoms with Gasteiger partial charge in [-0.1, -0.05) is 88.1 Å². The quantitative estimate of drug-likeness (QED) is 0.119. The van der Waals surface area contributed by atoms with Gasteiger partial charge in [0.05, 0.1) is 13.2 Å². The Kier molecular flexibility index (Phi) is 10.8. The van der Waals surface area contributed by atoms with E-state index in [-0.39, 0.29) is 48.6 Å². The number of halogens is 4. The molecule has 0 bridgehead atoms. The maximum absolute atomic E-state index is 15.2. The molecule has 0 aliphatic carbocycles. The van der Waals surface area contributed by atoms with E-state index in [4.69, 9.17) is 14.2 Å². The van der Waals surface area contributed by atoms with Gasteiger partial charge in [-0.15, -0.1) is 0 Å². The lowest BCUT2D eigenvalue weighted by Crippen LogP contribution is -2.31. The van der Waals surface area contributed by atoms with Crippen LogP contribution in [0, 0.1) is 23.3 Å². The van der Waals surface area contributed by atoms with Crippen molar-refractivity contribution in [3.63, 3.8) is 0 Å². The molecule has 3 aromatic rings. The summed E-state index contributed by atoms with van der Waals surface area (Å²) < 4.78 is 76.1. The molecule has 214 valence electrons. The first-order valence-corrected chi connectivity index (χ1v) is 14.0. The van der Waals surface area contributed by atoms with Crippen molar-refractivity contribution in [2.45, 2.75) is 64.1 Å². The maximum Gasteiger partial charge on any atom is 0.201 e. The lowest BCUT2D eigenvalue weighted by Gasteiger charge is -2.30. The Morgan fingerprint density at radius 3 is 1.95 bits per heavy atom. The third kappa shape index (κ3) is 7.12. The average molecular weight is 557 g/mol. The van der Waals surface area contributed by atoms with E-state index in [1.807, 2.05) is 0 Å². The van der Waals surface area contributed by atoms with Gasteiger partial charge in [0.25, 0.3) is 0 Å². The minimum absolute atomic E-state index is 0.0316. The molecule has 40 heavy (non-hydrogen) atoms. The van der Waals surface area contributed by atoms with E-state index in [1.54, 1.807) is 18.2 Å². The first kappa shape index (κ1) is 29.8. The van der Waals surface area contributed by atoms with E-state index >= 15 is 8.78 Å². The highest BCUT2D eigenvalue weighted by molar-refractivity contribution is 5.72. The van der Waals surface area contributed by atoms with E-state index in [0.717, 1.165) is 19.3 Å². The zero-order valence-electron chi connectivity index (χ0n) is 22.9. The maximum atomic E-state index is 15.2. The van der Waals surface area contributed by atoms with Crippen LogP contribution < -0.4 is 4.74 Å². The van der Waals surface area contributed by atoms with Gasteiger partial charge in [0.2, 0.25) is 5.82 Å². The van der Waals surface area contributed by atoms with E-state index in [2.05, 4.69) is 13.5 Å². The summed E-state index contributed by atoms with van der Waals surface area (Å²) in [6, 6.07) is 12.0. The molecule has 1 fully saturated rings. The predicted molar refractivity (Wildman–Crippen MR) is 149 cm³/mol. The molecule has 3 nitrogen and oxygen atoms in total. The number of unbranched alkanes of at least 4 members (excludes halogenated alkanes) is 5. The zero-order valence-corrected chi connectivity index (χ0v) is 22.9. The molecule has 0 aromatic heterocycles. The van der Waals surface area contributed by atoms with Crippen molar-refractivity contribution in [3.05, 3.63) is 90.0 Å². The largest absolute Gasteiger partial charge is 0.486 e. The van der Waals surface area contributed by atoms with E-state index < -0.39 is 29.2 Å². The fourth-order valence-corrected chi connectivity index (χ4v) is 4.93. The van der Waals surface area contributed by atoms with Gasteiger partial charge in [0.15, 0.2) is 29.5 Å². The minimum Gasteiger partial charge on any atom is -0.486 e. The van der Waals surface area contributed by atoms with E-state index in [0.29, 0.717) is 11.1 Å². The fourth-order valence-electron chi connectivity index (χ4n) is 4.93. The third-order valence-corrected chi connectivity index (χ3v) is 7.22. The second-order valence-corrected chi connectivity index (χ2v) is 10.1. The third-order valence-electron chi connectivity index (χ3n) is 7.22. The first-order chi connectivity index (χ1) is 19.4. The molecule has 0 radical (unpaired) electrons. The summed E-state index contributed by atoms with van der Waals surface area (Å²) in [4.78, 5) is 0. The van der Waals surface area contributed by atoms with Crippen LogP contribution in [0.15, 0.2) is 61.2 Å². The molecule has 0 N–H and O–H groups in total. The molecule has 7 heteroatoms. The molecule has 1 heterocycles. The van der Waals surface area contributed by atoms with Crippen molar-refractivity contribution >= 4 is 0 Å². The summed E-state index contributed by atoms with van der Waals surface area (Å²) >= 11 is 0. The predicted octanol–water partition coefficient (Wildman–Crippen LogP) is 9.35. The van der Waals surface area contributed by atoms with Crippen LogP contribution in [0.4, 0.5) is 17.6 Å². The summed E-state index contributed by atoms with van der Waals surface area (Å²) in [6.07, 6.45) is 9.01. The molecule has 0 atom stereocenters. The summed E-state index contributed by atoms with van der Waals surface area (Å²) in [5.74, 6) is -4.67. The minimum atomic E-state index is -1.10. The molecule has 0 spiro atoms. The van der Waals surface area contributed by atoms with Crippen LogP contribution in [0.25, 0.3) is 22.3 Å². The summed E-state index contributed by atoms with van der Waals surface area (Å²) in [5.41, 5.74) is 1.12. The van der Waals surface area contributed by atoms with Crippen molar-refractivity contribution in [3.8, 4) is 28.0 Å². The SMILES string of the molecule is C=CCOc1ccc(-c2ccc(-c3ccc(C4COC(CCCCCCCC)OC4)c(F)c3F)cc2)c(F)c1F. The van der Waals surface area contributed by atoms with Gasteiger partial charge in [-0.3, -0.25) is 0 Å². The van der Waals surface area contributed by atoms with Crippen molar-refractivity contribution in [2.24, 2.45) is 0 Å². The molecule has 4 rings (SSSR count). The van der Waals surface area contributed by atoms with Crippen molar-refractivity contribution < 1.29 is 31.8 Å². The number of hydrogen-bond donors (Lipinski definition) is 0. The average Bonchev–Trinajstić information content (AvgIpc) is 2.98. The van der Waals surface area contributed by atoms with E-state index in [1.165, 1.54) is 62.1 Å². The highest BCUT2D eigenvalue weighted by atomic mass is 19.2. The molecule has 3 aromatic carbocycles. The van der Waals surface area contributed by atoms with E-state index in [9.17, 15) is 8.78 Å². The van der Waals surface area contributed by atoms with Gasteiger partial charge < -0.3 is 14.2 Å². The monoisotopic (exact) mass is 556 g/mol. The van der Waals surface area contributed by atoms with Crippen LogP contribution in [0.5, 0.6) is 5.75 Å². The van der Waals surface area contributed by atoms with Crippen molar-refractivity contribution in [1.29, 1.82) is 0 Å². The van der Waals surface area contributed by atoms with Gasteiger partial charge in [-0.2, -0.15) is 4.39 Å². The van der Waals surface area contributed by atoms with Crippen LogP contribution in [0.1, 0.15) is 63.4 Å². The van der Waals surface area contributed by atoms with Gasteiger partial charge in [-0.05, 0) is 41.7 Å². The zero-order chi connectivity index (χ0) is 28.5. The molecule has 1 aliphatic rings. The number of ether oxygens (including phenoxy) is 3. The lowest BCUT2D eigenvalue weighted by molar-refractivity contribution is -0.190. The summed E-state index contributed by atoms with van der Waals surface area (Å²) in [6.45, 7) is 6.26. The number of benzene rings is 3. The van der Waals surface area contributed by atoms with Gasteiger partial charge >= 0.3 is 0 Å². The standard InChI is InChI=1S/C33H36F4O3/c1-3-5-6-7-8-9-10-29-39-20-24(21-40-29)27-16-15-25(30(34)31(27)35)22-11-13-23(14-12-22)26-17-18-28(38-19-4-2)33(37)32(26)36/h4,11-18,24,29H,2-3,5-10,19-21H2,1H3. The second kappa shape index (κ2) is 14.5. The topological polar surface area (TPSA) is 27.7 Å². The Morgan fingerprint density at radius 1 is 0.750 bits per heavy atom. The van der Waals surface area contributed by atoms with Crippen LogP contribution in [0.3, 0.4) is 0 Å². The Hall–Kier alpha value is -3.16. The molecular weight excluding hydrogens is 520 g/mol. The Bertz CT molecular complexity index is 1270. The normalized spacial score (nSPS) is 17.1. The van der Waals surface area contributed by atoms with Crippen LogP contribution >= 0.6 is 0 Å². The van der Waals surface area contributed by atoms with Gasteiger partial charge in [-0.25, -0.2) is 13.2 Å². The Morgan fingerprint density at radius 2 is 1.32 bits per heavy atom. The molecule has 0 unspecified atom stereocenters. The van der Waals surface area contributed by atoms with Crippen LogP contribution in [-0.4, -0.2) is 26.1 Å². The highest BCUT2D eigenvalue weighted by Gasteiger charge is 2.27. The van der Waals surface area contributed by atoms with Crippen molar-refractivity contribution in [2.75, 3.05) is 19.8 Å². The smallest absolute Gasteiger partial charge is 0.201 e. The summed E-state index contributed by atoms with van der Waals surface area (Å²) in [7, 11) is 0. The molecule has 1 aliphatic heterocycles. The van der Waals surface area contributed by atoms with Gasteiger partial charge in [0.1, 0.15) is 6.61 Å². The van der Waals surface area contributed by atoms with Crippen molar-refractivity contribution in [1.82, 2.24) is 0 Å². The fraction of sp³-hybridized carbons (Fsp3) is 0.394. The van der Waals surface area contributed by atoms with Gasteiger partial charge in [0, 0.05) is 17.0 Å². The second-order valence-electron chi connectivity index (χ2n) is 10.1. The van der Waals surface area contributed by atoms with Crippen LogP contribution in [-0.2, 0) is 9.47 Å². The molecule has 0 amide bonds. The number of rotatable bonds is 13. The number of hydrogen-bond acceptors (Lipinski definition) is 3. The Labute approximate surface area is 233 Å². The Balaban J connectivity index is 1.39.